The van der Waals surface area contributed by atoms with Crippen LogP contribution in [-0.2, 0) is 0 Å². The van der Waals surface area contributed by atoms with Crippen LogP contribution in [0.4, 0.5) is 16.2 Å². The Morgan fingerprint density at radius 3 is 2.74 bits per heavy atom. The van der Waals surface area contributed by atoms with E-state index in [0.717, 1.165) is 22.1 Å². The normalized spacial score (nSPS) is 13.4. The molecule has 0 unspecified atom stereocenters. The number of aliphatic hydroxyl groups is 1. The fourth-order valence-corrected chi connectivity index (χ4v) is 2.35. The predicted octanol–water partition coefficient (Wildman–Crippen LogP) is 2.02. The molecule has 0 radical (unpaired) electrons. The van der Waals surface area contributed by atoms with E-state index in [-0.39, 0.29) is 12.6 Å². The zero-order chi connectivity index (χ0) is 13.4. The van der Waals surface area contributed by atoms with Crippen molar-refractivity contribution in [2.24, 2.45) is 4.99 Å². The molecule has 2 amide bonds. The first kappa shape index (κ1) is 11.7. The van der Waals surface area contributed by atoms with Crippen LogP contribution >= 0.6 is 0 Å². The van der Waals surface area contributed by atoms with Crippen LogP contribution in [0.15, 0.2) is 41.4 Å². The van der Waals surface area contributed by atoms with Gasteiger partial charge in [-0.1, -0.05) is 24.3 Å². The Labute approximate surface area is 110 Å². The third-order valence-electron chi connectivity index (χ3n) is 3.17. The lowest BCUT2D eigenvalue weighted by Gasteiger charge is -2.28. The van der Waals surface area contributed by atoms with E-state index in [9.17, 15) is 9.90 Å². The lowest BCUT2D eigenvalue weighted by Crippen LogP contribution is -2.45. The molecule has 0 saturated heterocycles. The molecule has 19 heavy (non-hydrogen) atoms. The Bertz CT molecular complexity index is 689. The Kier molecular flexibility index (Phi) is 2.68. The molecule has 3 rings (SSSR count). The maximum Gasteiger partial charge on any atom is 0.327 e. The van der Waals surface area contributed by atoms with Crippen LogP contribution in [0, 0.1) is 0 Å². The van der Waals surface area contributed by atoms with Gasteiger partial charge in [-0.25, -0.2) is 14.7 Å². The summed E-state index contributed by atoms with van der Waals surface area (Å²) in [6, 6.07) is 11.2. The van der Waals surface area contributed by atoms with E-state index in [1.807, 2.05) is 36.4 Å². The molecule has 5 nitrogen and oxygen atoms in total. The highest BCUT2D eigenvalue weighted by molar-refractivity contribution is 6.25. The van der Waals surface area contributed by atoms with Gasteiger partial charge in [0.15, 0.2) is 0 Å². The van der Waals surface area contributed by atoms with Crippen LogP contribution < -0.4 is 10.2 Å². The zero-order valence-corrected chi connectivity index (χ0v) is 10.4. The van der Waals surface area contributed by atoms with E-state index in [1.165, 1.54) is 4.90 Å². The SMILES string of the molecule is CNC(=O)N1C(CO)=Nc2cccc3cccc1c23. The van der Waals surface area contributed by atoms with Gasteiger partial charge in [0, 0.05) is 12.4 Å². The minimum absolute atomic E-state index is 0.294. The summed E-state index contributed by atoms with van der Waals surface area (Å²) >= 11 is 0. The number of nitrogens with zero attached hydrogens (tertiary/aromatic N) is 2. The van der Waals surface area contributed by atoms with Gasteiger partial charge in [0.25, 0.3) is 0 Å². The number of aliphatic hydroxyl groups excluding tert-OH is 1. The highest BCUT2D eigenvalue weighted by Crippen LogP contribution is 2.38. The smallest absolute Gasteiger partial charge is 0.327 e. The molecule has 1 heterocycles. The maximum absolute atomic E-state index is 12.0. The van der Waals surface area contributed by atoms with Gasteiger partial charge in [0.2, 0.25) is 0 Å². The molecular formula is C14H13N3O2. The first-order chi connectivity index (χ1) is 9.26. The molecule has 5 heteroatoms. The minimum atomic E-state index is -0.310. The molecule has 1 aliphatic rings. The second-order valence-electron chi connectivity index (χ2n) is 4.23. The Hall–Kier alpha value is -2.40. The van der Waals surface area contributed by atoms with Crippen LogP contribution in [-0.4, -0.2) is 30.6 Å². The van der Waals surface area contributed by atoms with Crippen LogP contribution in [0.3, 0.4) is 0 Å². The molecule has 1 aliphatic heterocycles. The summed E-state index contributed by atoms with van der Waals surface area (Å²) < 4.78 is 0. The second kappa shape index (κ2) is 4.37. The summed E-state index contributed by atoms with van der Waals surface area (Å²) in [5, 5.41) is 13.9. The summed E-state index contributed by atoms with van der Waals surface area (Å²) in [5.74, 6) is 0.325. The third-order valence-corrected chi connectivity index (χ3v) is 3.17. The highest BCUT2D eigenvalue weighted by atomic mass is 16.3. The van der Waals surface area contributed by atoms with Crippen molar-refractivity contribution >= 4 is 34.0 Å². The van der Waals surface area contributed by atoms with Crippen molar-refractivity contribution in [1.29, 1.82) is 0 Å². The second-order valence-corrected chi connectivity index (χ2v) is 4.23. The average Bonchev–Trinajstić information content (AvgIpc) is 2.46. The third kappa shape index (κ3) is 1.67. The largest absolute Gasteiger partial charge is 0.388 e. The molecule has 2 aromatic carbocycles. The topological polar surface area (TPSA) is 64.9 Å². The molecular weight excluding hydrogens is 242 g/mol. The molecule has 0 spiro atoms. The Morgan fingerprint density at radius 2 is 2.05 bits per heavy atom. The van der Waals surface area contributed by atoms with Gasteiger partial charge in [-0.15, -0.1) is 0 Å². The van der Waals surface area contributed by atoms with Gasteiger partial charge < -0.3 is 10.4 Å². The van der Waals surface area contributed by atoms with Gasteiger partial charge in [0.05, 0.1) is 11.4 Å². The number of amidine groups is 1. The highest BCUT2D eigenvalue weighted by Gasteiger charge is 2.26. The molecule has 0 fully saturated rings. The Balaban J connectivity index is 2.33. The monoisotopic (exact) mass is 255 g/mol. The summed E-state index contributed by atoms with van der Waals surface area (Å²) in [6.45, 7) is -0.294. The number of urea groups is 1. The van der Waals surface area contributed by atoms with Gasteiger partial charge in [-0.05, 0) is 17.5 Å². The fourth-order valence-electron chi connectivity index (χ4n) is 2.35. The van der Waals surface area contributed by atoms with E-state index in [2.05, 4.69) is 10.3 Å². The molecule has 0 aromatic heterocycles. The fraction of sp³-hybridized carbons (Fsp3) is 0.143. The first-order valence-electron chi connectivity index (χ1n) is 5.98. The molecule has 2 aromatic rings. The number of amides is 2. The average molecular weight is 255 g/mol. The van der Waals surface area contributed by atoms with E-state index >= 15 is 0 Å². The summed E-state index contributed by atoms with van der Waals surface area (Å²) in [4.78, 5) is 17.8. The van der Waals surface area contributed by atoms with Gasteiger partial charge in [0.1, 0.15) is 12.4 Å². The summed E-state index contributed by atoms with van der Waals surface area (Å²) in [7, 11) is 1.55. The van der Waals surface area contributed by atoms with Crippen LogP contribution in [0.1, 0.15) is 0 Å². The molecule has 2 N–H and O–H groups in total. The van der Waals surface area contributed by atoms with E-state index in [4.69, 9.17) is 0 Å². The lowest BCUT2D eigenvalue weighted by molar-refractivity contribution is 0.250. The number of hydrogen-bond donors (Lipinski definition) is 2. The quantitative estimate of drug-likeness (QED) is 0.818. The van der Waals surface area contributed by atoms with Crippen molar-refractivity contribution in [3.8, 4) is 0 Å². The van der Waals surface area contributed by atoms with Crippen molar-refractivity contribution in [3.63, 3.8) is 0 Å². The molecule has 96 valence electrons. The first-order valence-corrected chi connectivity index (χ1v) is 5.98. The number of rotatable bonds is 1. The van der Waals surface area contributed by atoms with Crippen LogP contribution in [0.2, 0.25) is 0 Å². The number of carbonyl (C=O) groups excluding carboxylic acids is 1. The summed E-state index contributed by atoms with van der Waals surface area (Å²) in [5.41, 5.74) is 1.52. The number of aliphatic imine (C=N–C) groups is 1. The number of carbonyl (C=O) groups is 1. The standard InChI is InChI=1S/C14H13N3O2/c1-15-14(19)17-11-7-3-5-9-4-2-6-10(13(9)11)16-12(17)8-18/h2-7,18H,8H2,1H3,(H,15,19). The van der Waals surface area contributed by atoms with Crippen LogP contribution in [0.5, 0.6) is 0 Å². The minimum Gasteiger partial charge on any atom is -0.388 e. The number of anilines is 1. The van der Waals surface area contributed by atoms with E-state index in [1.54, 1.807) is 7.05 Å². The predicted molar refractivity (Wildman–Crippen MR) is 75.1 cm³/mol. The molecule has 0 atom stereocenters. The van der Waals surface area contributed by atoms with E-state index < -0.39 is 0 Å². The van der Waals surface area contributed by atoms with E-state index in [0.29, 0.717) is 5.84 Å². The van der Waals surface area contributed by atoms with Gasteiger partial charge in [-0.3, -0.25) is 0 Å². The van der Waals surface area contributed by atoms with Crippen molar-refractivity contribution in [1.82, 2.24) is 5.32 Å². The summed E-state index contributed by atoms with van der Waals surface area (Å²) in [6.07, 6.45) is 0. The lowest BCUT2D eigenvalue weighted by atomic mass is 10.0. The van der Waals surface area contributed by atoms with Crippen molar-refractivity contribution in [2.45, 2.75) is 0 Å². The van der Waals surface area contributed by atoms with Crippen molar-refractivity contribution in [2.75, 3.05) is 18.6 Å². The molecule has 0 saturated carbocycles. The number of benzene rings is 2. The van der Waals surface area contributed by atoms with Gasteiger partial charge in [-0.2, -0.15) is 0 Å². The molecule has 0 aliphatic carbocycles. The zero-order valence-electron chi connectivity index (χ0n) is 10.4. The van der Waals surface area contributed by atoms with Crippen molar-refractivity contribution < 1.29 is 9.90 Å². The Morgan fingerprint density at radius 1 is 1.32 bits per heavy atom. The number of nitrogens with one attached hydrogen (secondary N) is 1. The van der Waals surface area contributed by atoms with Crippen molar-refractivity contribution in [3.05, 3.63) is 36.4 Å². The van der Waals surface area contributed by atoms with Crippen LogP contribution in [0.25, 0.3) is 10.8 Å². The maximum atomic E-state index is 12.0. The van der Waals surface area contributed by atoms with Gasteiger partial charge >= 0.3 is 6.03 Å². The number of hydrogen-bond acceptors (Lipinski definition) is 3. The molecule has 0 bridgehead atoms.